The second-order valence-electron chi connectivity index (χ2n) is 9.27. The number of aryl methyl sites for hydroxylation is 1. The number of hydrogen-bond acceptors (Lipinski definition) is 6. The maximum Gasteiger partial charge on any atom is 0.490 e. The van der Waals surface area contributed by atoms with Gasteiger partial charge < -0.3 is 20.6 Å². The third-order valence-electron chi connectivity index (χ3n) is 6.20. The highest BCUT2D eigenvalue weighted by molar-refractivity contribution is 5.93. The number of aromatic nitrogens is 3. The molecule has 0 spiro atoms. The number of pyridine rings is 1. The van der Waals surface area contributed by atoms with Gasteiger partial charge in [-0.05, 0) is 36.1 Å². The summed E-state index contributed by atoms with van der Waals surface area (Å²) in [6.07, 6.45) is -2.42. The summed E-state index contributed by atoms with van der Waals surface area (Å²) in [5.74, 6) is -4.28. The summed E-state index contributed by atoms with van der Waals surface area (Å²) in [5, 5.41) is 11.3. The molecule has 1 aliphatic rings. The lowest BCUT2D eigenvalue weighted by molar-refractivity contribution is -0.192. The van der Waals surface area contributed by atoms with Crippen molar-refractivity contribution in [2.75, 3.05) is 27.2 Å². The molecule has 1 aliphatic heterocycles. The first-order chi connectivity index (χ1) is 18.2. The van der Waals surface area contributed by atoms with Gasteiger partial charge in [0.25, 0.3) is 0 Å². The zero-order valence-corrected chi connectivity index (χ0v) is 21.4. The molecule has 3 atom stereocenters. The molecule has 39 heavy (non-hydrogen) atoms. The number of nitrogens with two attached hydrogens (primary N) is 1. The van der Waals surface area contributed by atoms with E-state index in [0.29, 0.717) is 18.5 Å². The molecule has 0 saturated carbocycles. The molecule has 3 aromatic rings. The fourth-order valence-electron chi connectivity index (χ4n) is 4.19. The van der Waals surface area contributed by atoms with Crippen LogP contribution in [-0.2, 0) is 14.4 Å². The third-order valence-corrected chi connectivity index (χ3v) is 6.20. The van der Waals surface area contributed by atoms with E-state index >= 15 is 0 Å². The van der Waals surface area contributed by atoms with Crippen LogP contribution in [0.1, 0.15) is 23.5 Å². The predicted molar refractivity (Wildman–Crippen MR) is 132 cm³/mol. The quantitative estimate of drug-likeness (QED) is 0.465. The lowest BCUT2D eigenvalue weighted by Gasteiger charge is -2.28. The van der Waals surface area contributed by atoms with Gasteiger partial charge in [-0.3, -0.25) is 9.59 Å². The van der Waals surface area contributed by atoms with E-state index in [1.54, 1.807) is 18.6 Å². The second kappa shape index (κ2) is 11.8. The first-order valence-electron chi connectivity index (χ1n) is 11.8. The molecule has 1 aromatic carbocycles. The fraction of sp³-hybridized carbons (Fsp3) is 0.400. The van der Waals surface area contributed by atoms with Gasteiger partial charge in [-0.25, -0.2) is 18.7 Å². The molecule has 210 valence electrons. The summed E-state index contributed by atoms with van der Waals surface area (Å²) >= 11 is 0. The van der Waals surface area contributed by atoms with E-state index in [9.17, 15) is 27.2 Å². The van der Waals surface area contributed by atoms with Crippen LogP contribution in [0, 0.1) is 6.92 Å². The zero-order chi connectivity index (χ0) is 29.1. The first kappa shape index (κ1) is 29.5. The Labute approximate surface area is 221 Å². The van der Waals surface area contributed by atoms with Gasteiger partial charge in [0.2, 0.25) is 11.8 Å². The predicted octanol–water partition coefficient (Wildman–Crippen LogP) is 2.41. The molecule has 14 heteroatoms. The van der Waals surface area contributed by atoms with Gasteiger partial charge in [0, 0.05) is 32.4 Å². The maximum atomic E-state index is 13.6. The Hall–Kier alpha value is -4.07. The summed E-state index contributed by atoms with van der Waals surface area (Å²) in [6, 6.07) is 8.36. The average Bonchev–Trinajstić information content (AvgIpc) is 3.53. The number of carbonyl (C=O) groups is 3. The number of nitrogens with zero attached hydrogens (tertiary/aromatic N) is 5. The lowest BCUT2D eigenvalue weighted by atomic mass is 9.88. The summed E-state index contributed by atoms with van der Waals surface area (Å²) in [4.78, 5) is 41.8. The summed E-state index contributed by atoms with van der Waals surface area (Å²) < 4.78 is 47.1. The number of halogens is 4. The molecule has 0 aliphatic carbocycles. The van der Waals surface area contributed by atoms with Crippen molar-refractivity contribution in [2.24, 2.45) is 5.73 Å². The van der Waals surface area contributed by atoms with E-state index in [-0.39, 0.29) is 12.5 Å². The minimum atomic E-state index is -5.08. The number of likely N-dealkylation sites (tertiary alicyclic amines) is 1. The Balaban J connectivity index is 0.000000532. The van der Waals surface area contributed by atoms with Crippen LogP contribution >= 0.6 is 0 Å². The van der Waals surface area contributed by atoms with E-state index in [1.165, 1.54) is 16.1 Å². The molecule has 3 heterocycles. The number of carboxylic acids is 1. The molecule has 1 saturated heterocycles. The second-order valence-corrected chi connectivity index (χ2v) is 9.27. The van der Waals surface area contributed by atoms with E-state index in [1.807, 2.05) is 43.5 Å². The monoisotopic (exact) mass is 552 g/mol. The number of benzene rings is 1. The van der Waals surface area contributed by atoms with Gasteiger partial charge in [0.15, 0.2) is 5.65 Å². The largest absolute Gasteiger partial charge is 0.490 e. The van der Waals surface area contributed by atoms with Crippen LogP contribution in [0.2, 0.25) is 0 Å². The number of rotatable bonds is 5. The molecule has 0 radical (unpaired) electrons. The highest BCUT2D eigenvalue weighted by Gasteiger charge is 2.39. The van der Waals surface area contributed by atoms with Gasteiger partial charge in [-0.2, -0.15) is 18.3 Å². The molecular weight excluding hydrogens is 524 g/mol. The lowest BCUT2D eigenvalue weighted by Crippen LogP contribution is -2.50. The SMILES string of the molecule is Cc1cc(-c2ccc([C@H](C(=O)N(C)C)[C@H](N)C(=O)N3CC[C@H](F)C3)cc2)cn2ncnc12.O=C(O)C(F)(F)F. The van der Waals surface area contributed by atoms with Gasteiger partial charge in [0.1, 0.15) is 18.5 Å². The number of alkyl halides is 4. The van der Waals surface area contributed by atoms with E-state index < -0.39 is 36.2 Å². The van der Waals surface area contributed by atoms with Crippen LogP contribution in [0.5, 0.6) is 0 Å². The van der Waals surface area contributed by atoms with Crippen LogP contribution < -0.4 is 5.73 Å². The smallest absolute Gasteiger partial charge is 0.475 e. The van der Waals surface area contributed by atoms with Crippen LogP contribution in [0.25, 0.3) is 16.8 Å². The summed E-state index contributed by atoms with van der Waals surface area (Å²) in [6.45, 7) is 2.32. The maximum absolute atomic E-state index is 13.6. The number of amides is 2. The van der Waals surface area contributed by atoms with Crippen molar-refractivity contribution in [3.63, 3.8) is 0 Å². The van der Waals surface area contributed by atoms with Crippen LogP contribution in [0.4, 0.5) is 17.6 Å². The highest BCUT2D eigenvalue weighted by atomic mass is 19.4. The van der Waals surface area contributed by atoms with Gasteiger partial charge in [-0.15, -0.1) is 0 Å². The van der Waals surface area contributed by atoms with Crippen molar-refractivity contribution in [2.45, 2.75) is 37.7 Å². The van der Waals surface area contributed by atoms with Crippen molar-refractivity contribution >= 4 is 23.4 Å². The van der Waals surface area contributed by atoms with Crippen molar-refractivity contribution in [3.05, 3.63) is 54.0 Å². The van der Waals surface area contributed by atoms with E-state index in [0.717, 1.165) is 22.3 Å². The third kappa shape index (κ3) is 6.88. The standard InChI is InChI=1S/C23H27FN6O2.C2HF3O2/c1-14-10-17(11-30-21(14)26-13-27-30)15-4-6-16(7-5-15)19(22(31)28(2)3)20(25)23(32)29-9-8-18(24)12-29;3-2(4,5)1(6)7/h4-7,10-11,13,18-20H,8-9,12,25H2,1-3H3;(H,6,7)/t18-,19-,20-;/m0./s1. The Kier molecular flexibility index (Phi) is 8.89. The Morgan fingerprint density at radius 2 is 1.77 bits per heavy atom. The average molecular weight is 553 g/mol. The molecule has 1 fully saturated rings. The van der Waals surface area contributed by atoms with Crippen molar-refractivity contribution in [1.82, 2.24) is 24.4 Å². The van der Waals surface area contributed by atoms with Gasteiger partial charge in [-0.1, -0.05) is 24.3 Å². The minimum absolute atomic E-state index is 0.0262. The normalized spacial score (nSPS) is 16.8. The van der Waals surface area contributed by atoms with Gasteiger partial charge in [0.05, 0.1) is 12.5 Å². The van der Waals surface area contributed by atoms with Gasteiger partial charge >= 0.3 is 12.1 Å². The number of fused-ring (bicyclic) bond motifs is 1. The van der Waals surface area contributed by atoms with Crippen LogP contribution in [0.15, 0.2) is 42.9 Å². The number of hydrogen-bond donors (Lipinski definition) is 2. The topological polar surface area (TPSA) is 134 Å². The molecular formula is C25H28F4N6O4. The summed E-state index contributed by atoms with van der Waals surface area (Å²) in [7, 11) is 3.26. The van der Waals surface area contributed by atoms with Crippen LogP contribution in [-0.4, -0.2) is 92.9 Å². The molecule has 10 nitrogen and oxygen atoms in total. The molecule has 4 rings (SSSR count). The number of aliphatic carboxylic acids is 1. The Morgan fingerprint density at radius 1 is 1.15 bits per heavy atom. The Bertz CT molecular complexity index is 1340. The van der Waals surface area contributed by atoms with E-state index in [4.69, 9.17) is 15.6 Å². The fourth-order valence-corrected chi connectivity index (χ4v) is 4.19. The molecule has 0 unspecified atom stereocenters. The van der Waals surface area contributed by atoms with Crippen molar-refractivity contribution < 1.29 is 37.1 Å². The Morgan fingerprint density at radius 3 is 2.28 bits per heavy atom. The molecule has 2 amide bonds. The minimum Gasteiger partial charge on any atom is -0.475 e. The molecule has 0 bridgehead atoms. The van der Waals surface area contributed by atoms with E-state index in [2.05, 4.69) is 10.1 Å². The highest BCUT2D eigenvalue weighted by Crippen LogP contribution is 2.28. The molecule has 3 N–H and O–H groups in total. The number of carbonyl (C=O) groups excluding carboxylic acids is 2. The van der Waals surface area contributed by atoms with Crippen LogP contribution in [0.3, 0.4) is 0 Å². The molecule has 2 aromatic heterocycles. The number of likely N-dealkylation sites (N-methyl/N-ethyl adjacent to an activating group) is 1. The first-order valence-corrected chi connectivity index (χ1v) is 11.8. The summed E-state index contributed by atoms with van der Waals surface area (Å²) in [5.41, 5.74) is 10.6. The zero-order valence-electron chi connectivity index (χ0n) is 21.4. The van der Waals surface area contributed by atoms with Crippen molar-refractivity contribution in [1.29, 1.82) is 0 Å². The van der Waals surface area contributed by atoms with Crippen molar-refractivity contribution in [3.8, 4) is 11.1 Å². The number of carboxylic acid groups (broad SMARTS) is 1.